The van der Waals surface area contributed by atoms with Gasteiger partial charge in [0.25, 0.3) is 0 Å². The Labute approximate surface area is 128 Å². The van der Waals surface area contributed by atoms with Gasteiger partial charge in [-0.2, -0.15) is 0 Å². The standard InChI is InChI=1S/C17H28N2O2/c1-4-18-7-9-19(10-8-18)12-16(20)13-21-17-6-5-14(2)15(3)11-17/h5-6,11,16,20H,4,7-10,12-13H2,1-3H3/p+2/t16-/m0/s1. The molecule has 0 spiro atoms. The fraction of sp³-hybridized carbons (Fsp3) is 0.647. The van der Waals surface area contributed by atoms with Crippen LogP contribution in [0, 0.1) is 13.8 Å². The van der Waals surface area contributed by atoms with Crippen LogP contribution in [0.3, 0.4) is 0 Å². The molecule has 1 atom stereocenters. The predicted molar refractivity (Wildman–Crippen MR) is 84.2 cm³/mol. The first-order chi connectivity index (χ1) is 10.1. The Morgan fingerprint density at radius 1 is 1.10 bits per heavy atom. The second kappa shape index (κ2) is 7.78. The first kappa shape index (κ1) is 16.3. The molecule has 21 heavy (non-hydrogen) atoms. The van der Waals surface area contributed by atoms with E-state index in [4.69, 9.17) is 4.74 Å². The topological polar surface area (TPSA) is 38.3 Å². The zero-order valence-electron chi connectivity index (χ0n) is 13.6. The third-order valence-electron chi connectivity index (χ3n) is 4.61. The molecular weight excluding hydrogens is 264 g/mol. The van der Waals surface area contributed by atoms with E-state index in [1.54, 1.807) is 4.90 Å². The number of ether oxygens (including phenoxy) is 1. The Morgan fingerprint density at radius 3 is 2.38 bits per heavy atom. The Kier molecular flexibility index (Phi) is 6.03. The van der Waals surface area contributed by atoms with Gasteiger partial charge in [-0.25, -0.2) is 0 Å². The molecule has 3 N–H and O–H groups in total. The zero-order valence-corrected chi connectivity index (χ0v) is 13.6. The first-order valence-electron chi connectivity index (χ1n) is 8.13. The molecule has 0 aliphatic carbocycles. The number of hydrogen-bond donors (Lipinski definition) is 3. The number of aliphatic hydroxyl groups excluding tert-OH is 1. The van der Waals surface area contributed by atoms with Crippen LogP contribution in [-0.2, 0) is 0 Å². The summed E-state index contributed by atoms with van der Waals surface area (Å²) >= 11 is 0. The summed E-state index contributed by atoms with van der Waals surface area (Å²) < 4.78 is 5.72. The molecule has 0 amide bonds. The summed E-state index contributed by atoms with van der Waals surface area (Å²) in [5.74, 6) is 0.854. The number of piperazine rings is 1. The van der Waals surface area contributed by atoms with E-state index in [0.29, 0.717) is 6.61 Å². The SMILES string of the molecule is CC[NH+]1CC[NH+](C[C@H](O)COc2ccc(C)c(C)c2)CC1. The van der Waals surface area contributed by atoms with Gasteiger partial charge in [-0.05, 0) is 44.0 Å². The van der Waals surface area contributed by atoms with Crippen molar-refractivity contribution in [2.75, 3.05) is 45.9 Å². The lowest BCUT2D eigenvalue weighted by Crippen LogP contribution is -3.28. The molecule has 118 valence electrons. The van der Waals surface area contributed by atoms with Crippen molar-refractivity contribution in [2.24, 2.45) is 0 Å². The maximum Gasteiger partial charge on any atom is 0.137 e. The fourth-order valence-electron chi connectivity index (χ4n) is 2.90. The minimum absolute atomic E-state index is 0.384. The lowest BCUT2D eigenvalue weighted by Gasteiger charge is -2.30. The van der Waals surface area contributed by atoms with Gasteiger partial charge in [0.05, 0.1) is 6.54 Å². The smallest absolute Gasteiger partial charge is 0.137 e. The second-order valence-electron chi connectivity index (χ2n) is 6.27. The lowest BCUT2D eigenvalue weighted by atomic mass is 10.1. The molecule has 0 aromatic heterocycles. The van der Waals surface area contributed by atoms with Crippen LogP contribution in [0.1, 0.15) is 18.1 Å². The van der Waals surface area contributed by atoms with Gasteiger partial charge in [-0.3, -0.25) is 0 Å². The van der Waals surface area contributed by atoms with Crippen molar-refractivity contribution < 1.29 is 19.6 Å². The van der Waals surface area contributed by atoms with Crippen LogP contribution in [0.5, 0.6) is 5.75 Å². The highest BCUT2D eigenvalue weighted by Crippen LogP contribution is 2.16. The molecule has 1 fully saturated rings. The monoisotopic (exact) mass is 294 g/mol. The van der Waals surface area contributed by atoms with Crippen LogP contribution in [0.25, 0.3) is 0 Å². The van der Waals surface area contributed by atoms with Gasteiger partial charge in [-0.1, -0.05) is 6.07 Å². The van der Waals surface area contributed by atoms with Gasteiger partial charge in [-0.15, -0.1) is 0 Å². The van der Waals surface area contributed by atoms with Crippen molar-refractivity contribution in [3.05, 3.63) is 29.3 Å². The van der Waals surface area contributed by atoms with Gasteiger partial charge < -0.3 is 19.6 Å². The number of likely N-dealkylation sites (N-methyl/N-ethyl adjacent to an activating group) is 1. The minimum Gasteiger partial charge on any atom is -0.491 e. The molecule has 1 aromatic carbocycles. The van der Waals surface area contributed by atoms with Crippen LogP contribution in [0.15, 0.2) is 18.2 Å². The third kappa shape index (κ3) is 4.99. The van der Waals surface area contributed by atoms with E-state index in [2.05, 4.69) is 26.8 Å². The summed E-state index contributed by atoms with van der Waals surface area (Å²) in [6.45, 7) is 13.6. The molecule has 0 saturated carbocycles. The lowest BCUT2D eigenvalue weighted by molar-refractivity contribution is -1.01. The number of aryl methyl sites for hydroxylation is 2. The van der Waals surface area contributed by atoms with Crippen LogP contribution in [-0.4, -0.2) is 57.1 Å². The summed E-state index contributed by atoms with van der Waals surface area (Å²) in [6.07, 6.45) is -0.384. The van der Waals surface area contributed by atoms with Gasteiger partial charge in [0, 0.05) is 0 Å². The fourth-order valence-corrected chi connectivity index (χ4v) is 2.90. The number of quaternary nitrogens is 2. The molecule has 4 heteroatoms. The van der Waals surface area contributed by atoms with Crippen LogP contribution in [0.2, 0.25) is 0 Å². The van der Waals surface area contributed by atoms with E-state index in [1.807, 2.05) is 12.1 Å². The molecule has 4 nitrogen and oxygen atoms in total. The zero-order chi connectivity index (χ0) is 15.2. The molecular formula is C17H30N2O2+2. The van der Waals surface area contributed by atoms with Gasteiger partial charge >= 0.3 is 0 Å². The normalized spacial score (nSPS) is 23.8. The van der Waals surface area contributed by atoms with Crippen LogP contribution in [0.4, 0.5) is 0 Å². The highest BCUT2D eigenvalue weighted by atomic mass is 16.5. The quantitative estimate of drug-likeness (QED) is 0.620. The first-order valence-corrected chi connectivity index (χ1v) is 8.13. The highest BCUT2D eigenvalue weighted by Gasteiger charge is 2.23. The Morgan fingerprint density at radius 2 is 1.76 bits per heavy atom. The van der Waals surface area contributed by atoms with E-state index >= 15 is 0 Å². The average Bonchev–Trinajstić information content (AvgIpc) is 2.49. The van der Waals surface area contributed by atoms with Gasteiger partial charge in [0.15, 0.2) is 0 Å². The number of rotatable bonds is 6. The molecule has 1 aromatic rings. The Hall–Kier alpha value is -1.10. The highest BCUT2D eigenvalue weighted by molar-refractivity contribution is 5.33. The number of hydrogen-bond acceptors (Lipinski definition) is 2. The molecule has 1 heterocycles. The maximum atomic E-state index is 10.2. The summed E-state index contributed by atoms with van der Waals surface area (Å²) in [5, 5.41) is 10.2. The van der Waals surface area contributed by atoms with E-state index in [0.717, 1.165) is 25.4 Å². The Balaban J connectivity index is 1.72. The maximum absolute atomic E-state index is 10.2. The van der Waals surface area contributed by atoms with Crippen LogP contribution < -0.4 is 14.5 Å². The average molecular weight is 294 g/mol. The summed E-state index contributed by atoms with van der Waals surface area (Å²) in [4.78, 5) is 3.18. The van der Waals surface area contributed by atoms with E-state index in [9.17, 15) is 5.11 Å². The molecule has 2 rings (SSSR count). The van der Waals surface area contributed by atoms with Crippen LogP contribution >= 0.6 is 0 Å². The van der Waals surface area contributed by atoms with Crippen molar-refractivity contribution >= 4 is 0 Å². The summed E-state index contributed by atoms with van der Waals surface area (Å²) in [6, 6.07) is 6.08. The van der Waals surface area contributed by atoms with E-state index < -0.39 is 0 Å². The molecule has 0 unspecified atom stereocenters. The van der Waals surface area contributed by atoms with E-state index in [1.165, 1.54) is 35.7 Å². The second-order valence-corrected chi connectivity index (χ2v) is 6.27. The molecule has 0 radical (unpaired) electrons. The van der Waals surface area contributed by atoms with Gasteiger partial charge in [0.1, 0.15) is 51.2 Å². The molecule has 1 aliphatic heterocycles. The predicted octanol–water partition coefficient (Wildman–Crippen LogP) is -1.15. The number of nitrogens with one attached hydrogen (secondary N) is 2. The molecule has 1 saturated heterocycles. The van der Waals surface area contributed by atoms with Crippen molar-refractivity contribution in [3.8, 4) is 5.75 Å². The Bertz CT molecular complexity index is 442. The minimum atomic E-state index is -0.384. The van der Waals surface area contributed by atoms with Crippen molar-refractivity contribution in [3.63, 3.8) is 0 Å². The van der Waals surface area contributed by atoms with E-state index in [-0.39, 0.29) is 6.10 Å². The number of benzene rings is 1. The molecule has 0 bridgehead atoms. The molecule has 1 aliphatic rings. The van der Waals surface area contributed by atoms with Crippen molar-refractivity contribution in [1.82, 2.24) is 0 Å². The van der Waals surface area contributed by atoms with Gasteiger partial charge in [0.2, 0.25) is 0 Å². The third-order valence-corrected chi connectivity index (χ3v) is 4.61. The number of aliphatic hydroxyl groups is 1. The van der Waals surface area contributed by atoms with Crippen molar-refractivity contribution in [1.29, 1.82) is 0 Å². The summed E-state index contributed by atoms with van der Waals surface area (Å²) in [5.41, 5.74) is 2.50. The largest absolute Gasteiger partial charge is 0.491 e. The summed E-state index contributed by atoms with van der Waals surface area (Å²) in [7, 11) is 0. The van der Waals surface area contributed by atoms with Crippen molar-refractivity contribution in [2.45, 2.75) is 26.9 Å².